The molecule has 14 heteroatoms. The maximum absolute atomic E-state index is 13.1. The molecule has 0 spiro atoms. The molecule has 0 fully saturated rings. The second-order valence-corrected chi connectivity index (χ2v) is 12.2. The molecule has 0 aliphatic heterocycles. The Hall–Kier alpha value is -5.08. The van der Waals surface area contributed by atoms with Gasteiger partial charge in [0.2, 0.25) is 0 Å². The van der Waals surface area contributed by atoms with Crippen LogP contribution < -0.4 is 16.4 Å². The van der Waals surface area contributed by atoms with Gasteiger partial charge in [-0.1, -0.05) is 45.0 Å². The summed E-state index contributed by atoms with van der Waals surface area (Å²) < 4.78 is 25.9. The third-order valence-electron chi connectivity index (χ3n) is 6.16. The van der Waals surface area contributed by atoms with Crippen LogP contribution in [0, 0.1) is 10.8 Å². The first-order valence-electron chi connectivity index (χ1n) is 13.0. The molecule has 3 rings (SSSR count). The van der Waals surface area contributed by atoms with Crippen LogP contribution in [0.4, 0.5) is 5.69 Å². The van der Waals surface area contributed by atoms with Gasteiger partial charge in [0.15, 0.2) is 0 Å². The fourth-order valence-corrected chi connectivity index (χ4v) is 3.93. The zero-order valence-corrected chi connectivity index (χ0v) is 25.2. The number of nitrogen functional groups attached to an aromatic ring is 1. The Morgan fingerprint density at radius 1 is 0.864 bits per heavy atom. The summed E-state index contributed by atoms with van der Waals surface area (Å²) in [5, 5.41) is 32.1. The zero-order chi connectivity index (χ0) is 33.4. The van der Waals surface area contributed by atoms with Crippen molar-refractivity contribution in [2.45, 2.75) is 33.2 Å². The first-order valence-corrected chi connectivity index (χ1v) is 14.8. The third kappa shape index (κ3) is 10.6. The molecular formula is C30H34N4O9S. The maximum Gasteiger partial charge on any atom is 0.336 e. The number of hydrogen-bond acceptors (Lipinski definition) is 7. The number of benzene rings is 3. The molecular weight excluding hydrogens is 592 g/mol. The molecule has 8 N–H and O–H groups in total. The van der Waals surface area contributed by atoms with Crippen molar-refractivity contribution in [3.63, 3.8) is 0 Å². The minimum Gasteiger partial charge on any atom is -0.481 e. The third-order valence-corrected chi connectivity index (χ3v) is 6.16. The first kappa shape index (κ1) is 35.1. The SMILES string of the molecule is CC(C)(C)[C@H](CC(=O)O)NC(=O)c1ccc(-c2ccccc2C(=O)Nc2ccc(C(=N)N)cc2)c(C(=O)O)c1.CS(=O)(=O)O. The van der Waals surface area contributed by atoms with E-state index in [1.807, 2.05) is 0 Å². The number of carboxylic acid groups (broad SMARTS) is 2. The number of nitrogens with one attached hydrogen (secondary N) is 3. The molecule has 0 unspecified atom stereocenters. The monoisotopic (exact) mass is 626 g/mol. The molecule has 2 amide bonds. The quantitative estimate of drug-likeness (QED) is 0.103. The maximum atomic E-state index is 13.1. The fraction of sp³-hybridized carbons (Fsp3) is 0.233. The molecule has 1 atom stereocenters. The molecule has 0 aliphatic carbocycles. The Bertz CT molecular complexity index is 1670. The fourth-order valence-electron chi connectivity index (χ4n) is 3.93. The topological polar surface area (TPSA) is 237 Å². The number of amides is 2. The van der Waals surface area contributed by atoms with E-state index in [1.54, 1.807) is 69.3 Å². The molecule has 0 saturated carbocycles. The lowest BCUT2D eigenvalue weighted by Crippen LogP contribution is -2.45. The van der Waals surface area contributed by atoms with Gasteiger partial charge < -0.3 is 26.6 Å². The first-order chi connectivity index (χ1) is 20.3. The average molecular weight is 627 g/mol. The summed E-state index contributed by atoms with van der Waals surface area (Å²) >= 11 is 0. The lowest BCUT2D eigenvalue weighted by atomic mass is 9.84. The minimum atomic E-state index is -3.67. The summed E-state index contributed by atoms with van der Waals surface area (Å²) in [6.07, 6.45) is 0.423. The number of anilines is 1. The smallest absolute Gasteiger partial charge is 0.336 e. The molecule has 0 heterocycles. The molecule has 0 aromatic heterocycles. The summed E-state index contributed by atoms with van der Waals surface area (Å²) in [5.74, 6) is -3.56. The van der Waals surface area contributed by atoms with Crippen LogP contribution in [0.25, 0.3) is 11.1 Å². The number of nitrogens with two attached hydrogens (primary N) is 1. The number of rotatable bonds is 9. The van der Waals surface area contributed by atoms with E-state index in [4.69, 9.17) is 15.7 Å². The van der Waals surface area contributed by atoms with E-state index in [1.165, 1.54) is 18.2 Å². The predicted octanol–water partition coefficient (Wildman–Crippen LogP) is 3.71. The average Bonchev–Trinajstić information content (AvgIpc) is 2.91. The van der Waals surface area contributed by atoms with Crippen molar-refractivity contribution in [3.8, 4) is 11.1 Å². The number of carboxylic acids is 2. The van der Waals surface area contributed by atoms with Crippen molar-refractivity contribution < 1.29 is 42.4 Å². The van der Waals surface area contributed by atoms with Crippen LogP contribution in [0.2, 0.25) is 0 Å². The van der Waals surface area contributed by atoms with Crippen LogP contribution in [0.5, 0.6) is 0 Å². The zero-order valence-electron chi connectivity index (χ0n) is 24.4. The summed E-state index contributed by atoms with van der Waals surface area (Å²) in [4.78, 5) is 49.6. The standard InChI is InChI=1S/C29H30N4O6.CH4O3S/c1-29(2,3)23(15-24(34)35)33-26(36)17-10-13-20(22(14-17)28(38)39)19-6-4-5-7-21(19)27(37)32-18-11-8-16(9-12-18)25(30)31;1-5(2,3)4/h4-14,23H,15H2,1-3H3,(H3,30,31)(H,32,37)(H,33,36)(H,34,35)(H,38,39);1H3,(H,2,3,4)/t23-;/m0./s1. The molecule has 0 bridgehead atoms. The van der Waals surface area contributed by atoms with E-state index >= 15 is 0 Å². The van der Waals surface area contributed by atoms with Crippen LogP contribution in [-0.2, 0) is 14.9 Å². The molecule has 0 aliphatic rings. The van der Waals surface area contributed by atoms with E-state index in [0.29, 0.717) is 23.1 Å². The van der Waals surface area contributed by atoms with Crippen LogP contribution in [0.3, 0.4) is 0 Å². The second-order valence-electron chi connectivity index (χ2n) is 10.8. The highest BCUT2D eigenvalue weighted by molar-refractivity contribution is 7.85. The number of amidine groups is 1. The van der Waals surface area contributed by atoms with Gasteiger partial charge in [-0.2, -0.15) is 8.42 Å². The van der Waals surface area contributed by atoms with Gasteiger partial charge in [-0.05, 0) is 59.0 Å². The predicted molar refractivity (Wildman–Crippen MR) is 165 cm³/mol. The van der Waals surface area contributed by atoms with E-state index in [9.17, 15) is 37.8 Å². The molecule has 44 heavy (non-hydrogen) atoms. The lowest BCUT2D eigenvalue weighted by molar-refractivity contribution is -0.138. The van der Waals surface area contributed by atoms with Crippen LogP contribution in [0.1, 0.15) is 63.8 Å². The Morgan fingerprint density at radius 2 is 1.39 bits per heavy atom. The van der Waals surface area contributed by atoms with Crippen LogP contribution in [-0.4, -0.2) is 65.1 Å². The lowest BCUT2D eigenvalue weighted by Gasteiger charge is -2.30. The summed E-state index contributed by atoms with van der Waals surface area (Å²) in [6, 6.07) is 16.3. The van der Waals surface area contributed by atoms with Gasteiger partial charge in [0.05, 0.1) is 18.2 Å². The van der Waals surface area contributed by atoms with Crippen molar-refractivity contribution in [2.24, 2.45) is 11.1 Å². The highest BCUT2D eigenvalue weighted by Gasteiger charge is 2.29. The summed E-state index contributed by atoms with van der Waals surface area (Å²) in [7, 11) is -3.67. The van der Waals surface area contributed by atoms with Gasteiger partial charge in [0.25, 0.3) is 21.9 Å². The molecule has 3 aromatic carbocycles. The molecule has 0 saturated heterocycles. The van der Waals surface area contributed by atoms with Crippen molar-refractivity contribution in [1.29, 1.82) is 5.41 Å². The van der Waals surface area contributed by atoms with Crippen LogP contribution >= 0.6 is 0 Å². The van der Waals surface area contributed by atoms with Gasteiger partial charge in [0.1, 0.15) is 5.84 Å². The largest absolute Gasteiger partial charge is 0.481 e. The summed E-state index contributed by atoms with van der Waals surface area (Å²) in [6.45, 7) is 5.39. The Kier molecular flexibility index (Phi) is 11.5. The van der Waals surface area contributed by atoms with E-state index in [0.717, 1.165) is 0 Å². The normalized spacial score (nSPS) is 11.8. The van der Waals surface area contributed by atoms with Gasteiger partial charge in [-0.25, -0.2) is 4.79 Å². The highest BCUT2D eigenvalue weighted by atomic mass is 32.2. The second kappa shape index (κ2) is 14.4. The highest BCUT2D eigenvalue weighted by Crippen LogP contribution is 2.30. The van der Waals surface area contributed by atoms with Gasteiger partial charge in [-0.3, -0.25) is 24.3 Å². The molecule has 3 aromatic rings. The van der Waals surface area contributed by atoms with E-state index < -0.39 is 45.3 Å². The Labute approximate surface area is 254 Å². The van der Waals surface area contributed by atoms with Crippen molar-refractivity contribution in [3.05, 3.63) is 89.0 Å². The van der Waals surface area contributed by atoms with E-state index in [-0.39, 0.29) is 34.5 Å². The molecule has 13 nitrogen and oxygen atoms in total. The number of carbonyl (C=O) groups excluding carboxylic acids is 2. The molecule has 0 radical (unpaired) electrons. The van der Waals surface area contributed by atoms with Crippen molar-refractivity contribution in [1.82, 2.24) is 5.32 Å². The van der Waals surface area contributed by atoms with Gasteiger partial charge in [-0.15, -0.1) is 0 Å². The van der Waals surface area contributed by atoms with Crippen LogP contribution in [0.15, 0.2) is 66.7 Å². The van der Waals surface area contributed by atoms with Crippen molar-refractivity contribution in [2.75, 3.05) is 11.6 Å². The number of aromatic carboxylic acids is 1. The molecule has 234 valence electrons. The number of aliphatic carboxylic acids is 1. The van der Waals surface area contributed by atoms with Gasteiger partial charge >= 0.3 is 11.9 Å². The van der Waals surface area contributed by atoms with Crippen molar-refractivity contribution >= 4 is 45.4 Å². The Balaban J connectivity index is 0.00000125. The number of hydrogen-bond donors (Lipinski definition) is 7. The van der Waals surface area contributed by atoms with Gasteiger partial charge in [0, 0.05) is 28.4 Å². The van der Waals surface area contributed by atoms with E-state index in [2.05, 4.69) is 10.6 Å². The Morgan fingerprint density at radius 3 is 1.89 bits per heavy atom. The minimum absolute atomic E-state index is 0.0447. The summed E-state index contributed by atoms with van der Waals surface area (Å²) in [5.41, 5.74) is 6.51. The number of carbonyl (C=O) groups is 4.